The second kappa shape index (κ2) is 4.97. The van der Waals surface area contributed by atoms with Crippen molar-refractivity contribution in [2.24, 2.45) is 29.6 Å². The molecule has 0 N–H and O–H groups in total. The lowest BCUT2D eigenvalue weighted by atomic mass is 9.85. The van der Waals surface area contributed by atoms with Gasteiger partial charge in [0.15, 0.2) is 0 Å². The van der Waals surface area contributed by atoms with Gasteiger partial charge in [-0.2, -0.15) is 0 Å². The molecule has 3 rings (SSSR count). The first kappa shape index (κ1) is 14.3. The number of carbonyl (C=O) groups excluding carboxylic acids is 3. The Morgan fingerprint density at radius 2 is 1.76 bits per heavy atom. The number of rotatable bonds is 4. The number of esters is 1. The van der Waals surface area contributed by atoms with Crippen molar-refractivity contribution in [1.82, 2.24) is 4.90 Å². The third kappa shape index (κ3) is 1.93. The first-order chi connectivity index (χ1) is 9.97. The summed E-state index contributed by atoms with van der Waals surface area (Å²) in [5, 5.41) is 0. The van der Waals surface area contributed by atoms with E-state index in [0.717, 1.165) is 6.42 Å². The van der Waals surface area contributed by atoms with Crippen LogP contribution in [0.4, 0.5) is 0 Å². The summed E-state index contributed by atoms with van der Waals surface area (Å²) in [6.07, 6.45) is 5.00. The van der Waals surface area contributed by atoms with Gasteiger partial charge in [0, 0.05) is 0 Å². The number of imide groups is 1. The zero-order valence-electron chi connectivity index (χ0n) is 12.6. The maximum absolute atomic E-state index is 12.7. The third-order valence-electron chi connectivity index (χ3n) is 4.94. The van der Waals surface area contributed by atoms with Gasteiger partial charge < -0.3 is 4.74 Å². The van der Waals surface area contributed by atoms with Crippen molar-refractivity contribution in [2.75, 3.05) is 6.61 Å². The van der Waals surface area contributed by atoms with Gasteiger partial charge in [0.25, 0.3) is 0 Å². The number of amides is 2. The van der Waals surface area contributed by atoms with E-state index in [1.807, 2.05) is 13.8 Å². The van der Waals surface area contributed by atoms with Crippen molar-refractivity contribution in [3.05, 3.63) is 12.2 Å². The molecule has 0 radical (unpaired) electrons. The van der Waals surface area contributed by atoms with Crippen molar-refractivity contribution < 1.29 is 19.1 Å². The van der Waals surface area contributed by atoms with Gasteiger partial charge in [-0.1, -0.05) is 26.0 Å². The summed E-state index contributed by atoms with van der Waals surface area (Å²) >= 11 is 0. The average molecular weight is 291 g/mol. The Kier molecular flexibility index (Phi) is 3.38. The Bertz CT molecular complexity index is 494. The first-order valence-corrected chi connectivity index (χ1v) is 7.69. The highest BCUT2D eigenvalue weighted by Crippen LogP contribution is 2.53. The van der Waals surface area contributed by atoms with Crippen molar-refractivity contribution in [3.8, 4) is 0 Å². The summed E-state index contributed by atoms with van der Waals surface area (Å²) in [6.45, 7) is 5.64. The van der Waals surface area contributed by atoms with Crippen molar-refractivity contribution in [3.63, 3.8) is 0 Å². The van der Waals surface area contributed by atoms with E-state index in [9.17, 15) is 14.4 Å². The molecular formula is C16H21NO4. The Morgan fingerprint density at radius 1 is 1.24 bits per heavy atom. The molecule has 2 aliphatic carbocycles. The lowest BCUT2D eigenvalue weighted by Crippen LogP contribution is -2.49. The molecule has 5 atom stereocenters. The van der Waals surface area contributed by atoms with Crippen LogP contribution in [-0.4, -0.2) is 35.3 Å². The summed E-state index contributed by atoms with van der Waals surface area (Å²) in [6, 6.07) is -0.796. The van der Waals surface area contributed by atoms with E-state index in [0.29, 0.717) is 0 Å². The van der Waals surface area contributed by atoms with Gasteiger partial charge in [0.1, 0.15) is 6.04 Å². The van der Waals surface area contributed by atoms with E-state index >= 15 is 0 Å². The van der Waals surface area contributed by atoms with E-state index in [4.69, 9.17) is 4.74 Å². The van der Waals surface area contributed by atoms with Crippen LogP contribution >= 0.6 is 0 Å². The maximum Gasteiger partial charge on any atom is 0.329 e. The molecule has 0 aromatic rings. The molecule has 0 aromatic heterocycles. The molecule has 21 heavy (non-hydrogen) atoms. The second-order valence-electron chi connectivity index (χ2n) is 6.49. The summed E-state index contributed by atoms with van der Waals surface area (Å²) in [7, 11) is 0. The zero-order chi connectivity index (χ0) is 15.3. The van der Waals surface area contributed by atoms with Crippen LogP contribution in [0.3, 0.4) is 0 Å². The van der Waals surface area contributed by atoms with Crippen LogP contribution in [0.1, 0.15) is 27.2 Å². The van der Waals surface area contributed by atoms with Crippen LogP contribution in [0, 0.1) is 29.6 Å². The molecule has 5 unspecified atom stereocenters. The molecule has 0 aromatic carbocycles. The summed E-state index contributed by atoms with van der Waals surface area (Å²) < 4.78 is 5.07. The van der Waals surface area contributed by atoms with Gasteiger partial charge in [-0.15, -0.1) is 0 Å². The molecule has 5 heteroatoms. The number of carbonyl (C=O) groups is 3. The maximum atomic E-state index is 12.7. The quantitative estimate of drug-likeness (QED) is 0.446. The highest BCUT2D eigenvalue weighted by Gasteiger charge is 2.61. The summed E-state index contributed by atoms with van der Waals surface area (Å²) in [4.78, 5) is 38.8. The van der Waals surface area contributed by atoms with Gasteiger partial charge in [0.2, 0.25) is 11.8 Å². The minimum Gasteiger partial charge on any atom is -0.464 e. The van der Waals surface area contributed by atoms with Gasteiger partial charge in [-0.25, -0.2) is 4.79 Å². The molecule has 1 saturated carbocycles. The Balaban J connectivity index is 1.90. The minimum absolute atomic E-state index is 0.151. The van der Waals surface area contributed by atoms with E-state index in [2.05, 4.69) is 12.2 Å². The summed E-state index contributed by atoms with van der Waals surface area (Å²) in [5.74, 6) is -1.20. The van der Waals surface area contributed by atoms with Gasteiger partial charge in [-0.05, 0) is 31.1 Å². The molecule has 0 spiro atoms. The monoisotopic (exact) mass is 291 g/mol. The standard InChI is InChI=1S/C16H21NO4/c1-4-21-16(20)13(8(2)3)17-14(18)11-9-5-6-10(7-9)12(11)15(17)19/h5-6,8-13H,4,7H2,1-3H3. The average Bonchev–Trinajstić information content (AvgIpc) is 3.08. The van der Waals surface area contributed by atoms with E-state index in [1.54, 1.807) is 6.92 Å². The zero-order valence-corrected chi connectivity index (χ0v) is 12.6. The SMILES string of the molecule is CCOC(=O)C(C(C)C)N1C(=O)C2C3C=CC(C3)C2C1=O. The number of hydrogen-bond acceptors (Lipinski definition) is 4. The third-order valence-corrected chi connectivity index (χ3v) is 4.94. The topological polar surface area (TPSA) is 63.7 Å². The first-order valence-electron chi connectivity index (χ1n) is 7.69. The lowest BCUT2D eigenvalue weighted by molar-refractivity contribution is -0.161. The molecule has 1 saturated heterocycles. The second-order valence-corrected chi connectivity index (χ2v) is 6.49. The van der Waals surface area contributed by atoms with Crippen molar-refractivity contribution in [2.45, 2.75) is 33.2 Å². The summed E-state index contributed by atoms with van der Waals surface area (Å²) in [5.41, 5.74) is 0. The number of hydrogen-bond donors (Lipinski definition) is 0. The number of fused-ring (bicyclic) bond motifs is 5. The smallest absolute Gasteiger partial charge is 0.329 e. The molecule has 1 heterocycles. The molecular weight excluding hydrogens is 270 g/mol. The van der Waals surface area contributed by atoms with Gasteiger partial charge in [0.05, 0.1) is 18.4 Å². The highest BCUT2D eigenvalue weighted by atomic mass is 16.5. The van der Waals surface area contributed by atoms with Crippen LogP contribution in [0.25, 0.3) is 0 Å². The molecule has 2 bridgehead atoms. The van der Waals surface area contributed by atoms with Crippen LogP contribution in [0.15, 0.2) is 12.2 Å². The Morgan fingerprint density at radius 3 is 2.19 bits per heavy atom. The number of nitrogens with zero attached hydrogens (tertiary/aromatic N) is 1. The number of ether oxygens (including phenoxy) is 1. The van der Waals surface area contributed by atoms with Crippen LogP contribution in [0.2, 0.25) is 0 Å². The van der Waals surface area contributed by atoms with Crippen molar-refractivity contribution >= 4 is 17.8 Å². The Labute approximate surface area is 124 Å². The fraction of sp³-hybridized carbons (Fsp3) is 0.688. The number of allylic oxidation sites excluding steroid dienone is 2. The molecule has 2 amide bonds. The highest BCUT2D eigenvalue weighted by molar-refractivity contribution is 6.09. The molecule has 114 valence electrons. The van der Waals surface area contributed by atoms with E-state index in [1.165, 1.54) is 4.90 Å². The van der Waals surface area contributed by atoms with Crippen molar-refractivity contribution in [1.29, 1.82) is 0 Å². The van der Waals surface area contributed by atoms with Gasteiger partial charge >= 0.3 is 5.97 Å². The minimum atomic E-state index is -0.796. The van der Waals surface area contributed by atoms with Crippen LogP contribution in [0.5, 0.6) is 0 Å². The normalized spacial score (nSPS) is 34.8. The molecule has 1 aliphatic heterocycles. The predicted molar refractivity (Wildman–Crippen MR) is 74.8 cm³/mol. The van der Waals surface area contributed by atoms with Crippen LogP contribution < -0.4 is 0 Å². The van der Waals surface area contributed by atoms with Crippen LogP contribution in [-0.2, 0) is 19.1 Å². The molecule has 2 fully saturated rings. The van der Waals surface area contributed by atoms with Gasteiger partial charge in [-0.3, -0.25) is 14.5 Å². The number of likely N-dealkylation sites (tertiary alicyclic amines) is 1. The molecule has 5 nitrogen and oxygen atoms in total. The fourth-order valence-corrected chi connectivity index (χ4v) is 4.10. The van der Waals surface area contributed by atoms with E-state index < -0.39 is 12.0 Å². The molecule has 3 aliphatic rings. The predicted octanol–water partition coefficient (Wildman–Crippen LogP) is 1.38. The van der Waals surface area contributed by atoms with E-state index in [-0.39, 0.29) is 48.0 Å². The Hall–Kier alpha value is -1.65. The fourth-order valence-electron chi connectivity index (χ4n) is 4.10. The lowest BCUT2D eigenvalue weighted by Gasteiger charge is -2.28. The largest absolute Gasteiger partial charge is 0.464 e.